The molecule has 106 valence electrons. The summed E-state index contributed by atoms with van der Waals surface area (Å²) in [6.07, 6.45) is -0.207. The molecule has 0 unspecified atom stereocenters. The molecule has 1 fully saturated rings. The van der Waals surface area contributed by atoms with Crippen LogP contribution in [0.1, 0.15) is 12.0 Å². The summed E-state index contributed by atoms with van der Waals surface area (Å²) in [5, 5.41) is 9.26. The zero-order valence-corrected chi connectivity index (χ0v) is 12.5. The number of halogens is 1. The number of carbonyl (C=O) groups excluding carboxylic acids is 1. The molecule has 1 aliphatic heterocycles. The molecule has 1 amide bonds. The molecule has 1 atom stereocenters. The fraction of sp³-hybridized carbons (Fsp3) is 0.308. The molecule has 2 rings (SSSR count). The summed E-state index contributed by atoms with van der Waals surface area (Å²) < 4.78 is 0. The van der Waals surface area contributed by atoms with E-state index < -0.39 is 11.2 Å². The Morgan fingerprint density at radius 1 is 1.55 bits per heavy atom. The molecule has 1 saturated heterocycles. The highest BCUT2D eigenvalue weighted by atomic mass is 35.5. The number of benzene rings is 1. The van der Waals surface area contributed by atoms with E-state index in [4.69, 9.17) is 16.7 Å². The highest BCUT2D eigenvalue weighted by Gasteiger charge is 2.36. The number of carboxylic acid groups (broad SMARTS) is 1. The fourth-order valence-electron chi connectivity index (χ4n) is 1.72. The second kappa shape index (κ2) is 5.85. The summed E-state index contributed by atoms with van der Waals surface area (Å²) in [7, 11) is 1.59. The highest BCUT2D eigenvalue weighted by molar-refractivity contribution is 8.15. The second-order valence-corrected chi connectivity index (χ2v) is 6.01. The predicted octanol–water partition coefficient (Wildman–Crippen LogP) is 2.68. The first-order chi connectivity index (χ1) is 9.38. The van der Waals surface area contributed by atoms with Crippen LogP contribution in [0.3, 0.4) is 0 Å². The van der Waals surface area contributed by atoms with Gasteiger partial charge in [-0.2, -0.15) is 0 Å². The van der Waals surface area contributed by atoms with Gasteiger partial charge in [0, 0.05) is 12.1 Å². The number of rotatable bonds is 3. The lowest BCUT2D eigenvalue weighted by Gasteiger charge is -2.08. The normalized spacial score (nSPS) is 20.8. The van der Waals surface area contributed by atoms with E-state index in [0.29, 0.717) is 15.9 Å². The van der Waals surface area contributed by atoms with Crippen molar-refractivity contribution in [2.45, 2.75) is 18.6 Å². The Labute approximate surface area is 125 Å². The Kier molecular flexibility index (Phi) is 4.35. The molecule has 0 saturated carbocycles. The number of aliphatic carboxylic acids is 1. The van der Waals surface area contributed by atoms with Crippen LogP contribution in [0.2, 0.25) is 5.02 Å². The van der Waals surface area contributed by atoms with Gasteiger partial charge in [0.25, 0.3) is 0 Å². The number of aliphatic imine (C=N–C) groups is 1. The molecular weight excluding hydrogens is 300 g/mol. The van der Waals surface area contributed by atoms with E-state index in [1.165, 1.54) is 4.90 Å². The van der Waals surface area contributed by atoms with E-state index in [-0.39, 0.29) is 12.3 Å². The first-order valence-corrected chi connectivity index (χ1v) is 7.15. The summed E-state index contributed by atoms with van der Waals surface area (Å²) >= 11 is 7.19. The van der Waals surface area contributed by atoms with Crippen LogP contribution in [0.15, 0.2) is 23.2 Å². The van der Waals surface area contributed by atoms with Gasteiger partial charge in [-0.1, -0.05) is 29.4 Å². The Bertz CT molecular complexity index is 603. The third-order valence-corrected chi connectivity index (χ3v) is 4.52. The Balaban J connectivity index is 2.24. The van der Waals surface area contributed by atoms with Gasteiger partial charge >= 0.3 is 5.97 Å². The molecule has 0 spiro atoms. The van der Waals surface area contributed by atoms with E-state index in [1.807, 2.05) is 13.0 Å². The summed E-state index contributed by atoms with van der Waals surface area (Å²) in [6.45, 7) is 1.89. The van der Waals surface area contributed by atoms with Crippen molar-refractivity contribution >= 4 is 46.1 Å². The van der Waals surface area contributed by atoms with E-state index in [2.05, 4.69) is 4.99 Å². The quantitative estimate of drug-likeness (QED) is 0.931. The number of hydrogen-bond donors (Lipinski definition) is 1. The molecule has 5 nitrogen and oxygen atoms in total. The SMILES string of the molecule is Cc1ccc(N=C2S[C@H](CC(=O)O)C(=O)N2C)cc1Cl. The summed E-state index contributed by atoms with van der Waals surface area (Å²) in [5.41, 5.74) is 1.58. The zero-order valence-electron chi connectivity index (χ0n) is 11.0. The van der Waals surface area contributed by atoms with Crippen molar-refractivity contribution in [3.8, 4) is 0 Å². The number of amidine groups is 1. The maximum Gasteiger partial charge on any atom is 0.305 e. The summed E-state index contributed by atoms with van der Waals surface area (Å²) in [4.78, 5) is 28.3. The molecule has 1 N–H and O–H groups in total. The van der Waals surface area contributed by atoms with E-state index in [0.717, 1.165) is 17.3 Å². The lowest BCUT2D eigenvalue weighted by atomic mass is 10.2. The van der Waals surface area contributed by atoms with Gasteiger partial charge in [-0.05, 0) is 24.6 Å². The third-order valence-electron chi connectivity index (χ3n) is 2.88. The number of carbonyl (C=O) groups is 2. The number of carboxylic acids is 1. The lowest BCUT2D eigenvalue weighted by molar-refractivity contribution is -0.139. The molecule has 0 aliphatic carbocycles. The molecule has 0 aromatic heterocycles. The number of aryl methyl sites for hydroxylation is 1. The highest BCUT2D eigenvalue weighted by Crippen LogP contribution is 2.31. The van der Waals surface area contributed by atoms with Gasteiger partial charge in [-0.3, -0.25) is 14.5 Å². The van der Waals surface area contributed by atoms with Gasteiger partial charge in [0.05, 0.1) is 12.1 Å². The van der Waals surface area contributed by atoms with E-state index in [1.54, 1.807) is 19.2 Å². The van der Waals surface area contributed by atoms with Gasteiger partial charge in [0.1, 0.15) is 5.25 Å². The van der Waals surface area contributed by atoms with Crippen LogP contribution in [0.25, 0.3) is 0 Å². The van der Waals surface area contributed by atoms with Crippen molar-refractivity contribution in [2.75, 3.05) is 7.05 Å². The van der Waals surface area contributed by atoms with E-state index in [9.17, 15) is 9.59 Å². The fourth-order valence-corrected chi connectivity index (χ4v) is 3.04. The average Bonchev–Trinajstić information content (AvgIpc) is 2.62. The van der Waals surface area contributed by atoms with Gasteiger partial charge in [-0.15, -0.1) is 0 Å². The van der Waals surface area contributed by atoms with Gasteiger partial charge in [0.2, 0.25) is 5.91 Å². The maximum absolute atomic E-state index is 11.9. The minimum atomic E-state index is -0.996. The van der Waals surface area contributed by atoms with Crippen molar-refractivity contribution in [1.82, 2.24) is 4.90 Å². The Hall–Kier alpha value is -1.53. The number of thioether (sulfide) groups is 1. The monoisotopic (exact) mass is 312 g/mol. The zero-order chi connectivity index (χ0) is 14.9. The van der Waals surface area contributed by atoms with Crippen LogP contribution in [0.4, 0.5) is 5.69 Å². The van der Waals surface area contributed by atoms with Crippen molar-refractivity contribution in [1.29, 1.82) is 0 Å². The van der Waals surface area contributed by atoms with Crippen LogP contribution in [-0.2, 0) is 9.59 Å². The van der Waals surface area contributed by atoms with Crippen molar-refractivity contribution in [3.63, 3.8) is 0 Å². The first kappa shape index (κ1) is 14.9. The minimum Gasteiger partial charge on any atom is -0.481 e. The Morgan fingerprint density at radius 2 is 2.25 bits per heavy atom. The van der Waals surface area contributed by atoms with E-state index >= 15 is 0 Å². The van der Waals surface area contributed by atoms with Crippen molar-refractivity contribution < 1.29 is 14.7 Å². The minimum absolute atomic E-state index is 0.207. The average molecular weight is 313 g/mol. The largest absolute Gasteiger partial charge is 0.481 e. The molecule has 1 heterocycles. The van der Waals surface area contributed by atoms with Crippen LogP contribution in [0, 0.1) is 6.92 Å². The standard InChI is InChI=1S/C13H13ClN2O3S/c1-7-3-4-8(5-9(7)14)15-13-16(2)12(19)10(20-13)6-11(17)18/h3-5,10H,6H2,1-2H3,(H,17,18)/t10-/m1/s1. The molecular formula is C13H13ClN2O3S. The first-order valence-electron chi connectivity index (χ1n) is 5.89. The summed E-state index contributed by atoms with van der Waals surface area (Å²) in [5.74, 6) is -1.24. The molecule has 0 bridgehead atoms. The van der Waals surface area contributed by atoms with Gasteiger partial charge in [-0.25, -0.2) is 4.99 Å². The maximum atomic E-state index is 11.9. The topological polar surface area (TPSA) is 70.0 Å². The van der Waals surface area contributed by atoms with Gasteiger partial charge in [0.15, 0.2) is 5.17 Å². The molecule has 0 radical (unpaired) electrons. The predicted molar refractivity (Wildman–Crippen MR) is 79.7 cm³/mol. The second-order valence-electron chi connectivity index (χ2n) is 4.43. The molecule has 1 aromatic rings. The van der Waals surface area contributed by atoms with Crippen LogP contribution >= 0.6 is 23.4 Å². The van der Waals surface area contributed by atoms with Crippen molar-refractivity contribution in [2.24, 2.45) is 4.99 Å². The van der Waals surface area contributed by atoms with Crippen LogP contribution in [-0.4, -0.2) is 39.3 Å². The van der Waals surface area contributed by atoms with Crippen LogP contribution < -0.4 is 0 Å². The molecule has 1 aliphatic rings. The van der Waals surface area contributed by atoms with Crippen LogP contribution in [0.5, 0.6) is 0 Å². The van der Waals surface area contributed by atoms with Gasteiger partial charge < -0.3 is 5.11 Å². The number of hydrogen-bond acceptors (Lipinski definition) is 4. The lowest BCUT2D eigenvalue weighted by Crippen LogP contribution is -2.28. The number of amides is 1. The third kappa shape index (κ3) is 3.13. The Morgan fingerprint density at radius 3 is 2.85 bits per heavy atom. The smallest absolute Gasteiger partial charge is 0.305 e. The summed E-state index contributed by atoms with van der Waals surface area (Å²) in [6, 6.07) is 5.36. The molecule has 1 aromatic carbocycles. The number of nitrogens with zero attached hydrogens (tertiary/aromatic N) is 2. The molecule has 20 heavy (non-hydrogen) atoms. The molecule has 7 heteroatoms. The van der Waals surface area contributed by atoms with Crippen molar-refractivity contribution in [3.05, 3.63) is 28.8 Å².